The van der Waals surface area contributed by atoms with E-state index < -0.39 is 35.3 Å². The minimum absolute atomic E-state index is 0.0126. The van der Waals surface area contributed by atoms with Crippen molar-refractivity contribution in [1.82, 2.24) is 14.7 Å². The van der Waals surface area contributed by atoms with Crippen LogP contribution in [0.3, 0.4) is 0 Å². The Bertz CT molecular complexity index is 1620. The van der Waals surface area contributed by atoms with Crippen molar-refractivity contribution in [2.24, 2.45) is 5.73 Å². The Kier molecular flexibility index (Phi) is 6.02. The number of nitrogens with zero attached hydrogens (tertiary/aromatic N) is 3. The number of hydrogen-bond donors (Lipinski definition) is 1. The van der Waals surface area contributed by atoms with E-state index in [0.717, 1.165) is 33.6 Å². The number of carbonyl (C=O) groups is 3. The van der Waals surface area contributed by atoms with Crippen LogP contribution in [0.4, 0.5) is 8.78 Å². The van der Waals surface area contributed by atoms with E-state index in [4.69, 9.17) is 10.5 Å². The summed E-state index contributed by atoms with van der Waals surface area (Å²) in [6, 6.07) is 9.65. The van der Waals surface area contributed by atoms with E-state index in [1.807, 2.05) is 6.92 Å². The standard InChI is InChI=1S/C28H22F2N4O4S/c1-14-12-32-34-6-7-38-28-22(23(14)34)21(24(39-28)25(31)35)16(8-15-9-17(29)11-18(30)10-15)13-33-26(36)19-4-2-3-5-20(19)27(33)37/h2-5,9-12,16H,6-8,13H2,1H3,(H2,31,35)/t16-/m1/s1. The molecule has 2 N–H and O–H groups in total. The summed E-state index contributed by atoms with van der Waals surface area (Å²) in [6.45, 7) is 2.49. The van der Waals surface area contributed by atoms with Crippen LogP contribution in [0.1, 0.15) is 53.0 Å². The largest absolute Gasteiger partial charge is 0.481 e. The minimum atomic E-state index is -0.763. The first-order valence-electron chi connectivity index (χ1n) is 12.2. The van der Waals surface area contributed by atoms with Crippen LogP contribution in [0, 0.1) is 18.6 Å². The molecular weight excluding hydrogens is 526 g/mol. The van der Waals surface area contributed by atoms with E-state index in [2.05, 4.69) is 5.10 Å². The molecule has 4 aromatic rings. The fourth-order valence-corrected chi connectivity index (χ4v) is 6.53. The number of carbonyl (C=O) groups excluding carboxylic acids is 3. The molecule has 8 nitrogen and oxygen atoms in total. The van der Waals surface area contributed by atoms with Gasteiger partial charge < -0.3 is 10.5 Å². The molecule has 2 aromatic heterocycles. The molecule has 3 amide bonds. The van der Waals surface area contributed by atoms with Gasteiger partial charge in [-0.25, -0.2) is 8.78 Å². The Hall–Kier alpha value is -4.38. The number of thiophene rings is 1. The molecule has 0 bridgehead atoms. The van der Waals surface area contributed by atoms with Gasteiger partial charge in [0.1, 0.15) is 18.2 Å². The van der Waals surface area contributed by atoms with Crippen LogP contribution in [0.15, 0.2) is 48.7 Å². The maximum atomic E-state index is 14.2. The average molecular weight is 549 g/mol. The van der Waals surface area contributed by atoms with Gasteiger partial charge in [-0.05, 0) is 54.3 Å². The van der Waals surface area contributed by atoms with Crippen LogP contribution in [0.2, 0.25) is 0 Å². The normalized spacial score (nSPS) is 14.9. The molecule has 4 heterocycles. The van der Waals surface area contributed by atoms with E-state index in [1.165, 1.54) is 12.1 Å². The molecule has 2 aromatic carbocycles. The molecule has 1 atom stereocenters. The minimum Gasteiger partial charge on any atom is -0.481 e. The lowest BCUT2D eigenvalue weighted by atomic mass is 9.87. The number of hydrogen-bond acceptors (Lipinski definition) is 6. The van der Waals surface area contributed by atoms with Gasteiger partial charge in [-0.3, -0.25) is 24.0 Å². The maximum Gasteiger partial charge on any atom is 0.261 e. The predicted molar refractivity (Wildman–Crippen MR) is 139 cm³/mol. The molecule has 0 unspecified atom stereocenters. The SMILES string of the molecule is Cc1cnn2c1-c1c(sc(C(N)=O)c1[C@H](Cc1cc(F)cc(F)c1)CN1C(=O)c3ccccc3C1=O)OCC2. The summed E-state index contributed by atoms with van der Waals surface area (Å²) in [5, 5.41) is 4.90. The van der Waals surface area contributed by atoms with E-state index in [-0.39, 0.29) is 29.0 Å². The number of nitrogens with two attached hydrogens (primary N) is 1. The lowest BCUT2D eigenvalue weighted by molar-refractivity contribution is 0.0644. The van der Waals surface area contributed by atoms with Gasteiger partial charge in [0.15, 0.2) is 5.06 Å². The molecule has 0 saturated carbocycles. The second-order valence-electron chi connectivity index (χ2n) is 9.56. The molecule has 0 aliphatic carbocycles. The third-order valence-electron chi connectivity index (χ3n) is 7.03. The van der Waals surface area contributed by atoms with Crippen LogP contribution in [-0.2, 0) is 13.0 Å². The molecule has 0 spiro atoms. The van der Waals surface area contributed by atoms with Crippen molar-refractivity contribution in [2.75, 3.05) is 13.2 Å². The molecule has 2 aliphatic heterocycles. The van der Waals surface area contributed by atoms with E-state index in [1.54, 1.807) is 35.1 Å². The number of aryl methyl sites for hydroxylation is 1. The number of rotatable bonds is 6. The highest BCUT2D eigenvalue weighted by atomic mass is 32.1. The molecule has 0 radical (unpaired) electrons. The van der Waals surface area contributed by atoms with Gasteiger partial charge in [0.25, 0.3) is 17.7 Å². The Balaban J connectivity index is 1.54. The highest BCUT2D eigenvalue weighted by molar-refractivity contribution is 7.16. The molecule has 0 fully saturated rings. The number of primary amides is 1. The van der Waals surface area contributed by atoms with Crippen LogP contribution >= 0.6 is 11.3 Å². The summed E-state index contributed by atoms with van der Waals surface area (Å²) in [5.41, 5.74) is 9.26. The molecular formula is C28H22F2N4O4S. The zero-order valence-corrected chi connectivity index (χ0v) is 21.6. The van der Waals surface area contributed by atoms with Crippen LogP contribution in [-0.4, -0.2) is 45.6 Å². The van der Waals surface area contributed by atoms with Gasteiger partial charge in [-0.15, -0.1) is 0 Å². The summed E-state index contributed by atoms with van der Waals surface area (Å²) >= 11 is 1.08. The number of aromatic nitrogens is 2. The van der Waals surface area contributed by atoms with E-state index in [9.17, 15) is 23.2 Å². The van der Waals surface area contributed by atoms with E-state index >= 15 is 0 Å². The highest BCUT2D eigenvalue weighted by Crippen LogP contribution is 2.49. The van der Waals surface area contributed by atoms with Gasteiger partial charge in [0, 0.05) is 18.5 Å². The monoisotopic (exact) mass is 548 g/mol. The number of ether oxygens (including phenoxy) is 1. The van der Waals surface area contributed by atoms with Crippen molar-refractivity contribution >= 4 is 29.1 Å². The van der Waals surface area contributed by atoms with Gasteiger partial charge in [-0.1, -0.05) is 23.5 Å². The number of amides is 3. The van der Waals surface area contributed by atoms with Gasteiger partial charge in [0.05, 0.1) is 40.0 Å². The van der Waals surface area contributed by atoms with Gasteiger partial charge in [0.2, 0.25) is 0 Å². The topological polar surface area (TPSA) is 108 Å². The fraction of sp³-hybridized carbons (Fsp3) is 0.214. The fourth-order valence-electron chi connectivity index (χ4n) is 5.42. The first-order chi connectivity index (χ1) is 18.7. The van der Waals surface area contributed by atoms with Gasteiger partial charge >= 0.3 is 0 Å². The van der Waals surface area contributed by atoms with Crippen molar-refractivity contribution < 1.29 is 27.9 Å². The van der Waals surface area contributed by atoms with Crippen molar-refractivity contribution in [3.05, 3.63) is 93.0 Å². The summed E-state index contributed by atoms with van der Waals surface area (Å²) in [5.74, 6) is -3.95. The second-order valence-corrected chi connectivity index (χ2v) is 10.5. The predicted octanol–water partition coefficient (Wildman–Crippen LogP) is 4.31. The Morgan fingerprint density at radius 3 is 2.44 bits per heavy atom. The zero-order valence-electron chi connectivity index (χ0n) is 20.7. The van der Waals surface area contributed by atoms with Gasteiger partial charge in [-0.2, -0.15) is 5.10 Å². The van der Waals surface area contributed by atoms with Crippen molar-refractivity contribution in [3.63, 3.8) is 0 Å². The van der Waals surface area contributed by atoms with Crippen molar-refractivity contribution in [3.8, 4) is 16.3 Å². The molecule has 198 valence electrons. The van der Waals surface area contributed by atoms with E-state index in [0.29, 0.717) is 34.9 Å². The third kappa shape index (κ3) is 4.19. The highest BCUT2D eigenvalue weighted by Gasteiger charge is 2.40. The Morgan fingerprint density at radius 2 is 1.79 bits per heavy atom. The number of benzene rings is 2. The molecule has 2 aliphatic rings. The van der Waals surface area contributed by atoms with Crippen LogP contribution in [0.5, 0.6) is 5.06 Å². The number of halogens is 2. The first-order valence-corrected chi connectivity index (χ1v) is 13.1. The molecule has 11 heteroatoms. The third-order valence-corrected chi connectivity index (χ3v) is 8.16. The van der Waals surface area contributed by atoms with Crippen molar-refractivity contribution in [1.29, 1.82) is 0 Å². The number of fused-ring (bicyclic) bond motifs is 4. The average Bonchev–Trinajstić information content (AvgIpc) is 3.47. The lowest BCUT2D eigenvalue weighted by Crippen LogP contribution is -2.35. The second kappa shape index (κ2) is 9.42. The number of imide groups is 1. The van der Waals surface area contributed by atoms with Crippen LogP contribution < -0.4 is 10.5 Å². The lowest BCUT2D eigenvalue weighted by Gasteiger charge is -2.25. The quantitative estimate of drug-likeness (QED) is 0.362. The summed E-state index contributed by atoms with van der Waals surface area (Å²) in [7, 11) is 0. The molecule has 0 saturated heterocycles. The maximum absolute atomic E-state index is 14.2. The zero-order chi connectivity index (χ0) is 27.4. The Morgan fingerprint density at radius 1 is 1.13 bits per heavy atom. The first kappa shape index (κ1) is 24.9. The van der Waals surface area contributed by atoms with Crippen LogP contribution in [0.25, 0.3) is 11.3 Å². The Labute approximate surface area is 225 Å². The molecule has 39 heavy (non-hydrogen) atoms. The molecule has 6 rings (SSSR count). The van der Waals surface area contributed by atoms with Crippen molar-refractivity contribution in [2.45, 2.75) is 25.8 Å². The smallest absolute Gasteiger partial charge is 0.261 e. The summed E-state index contributed by atoms with van der Waals surface area (Å²) in [6.07, 6.45) is 1.72. The summed E-state index contributed by atoms with van der Waals surface area (Å²) < 4.78 is 36.2. The summed E-state index contributed by atoms with van der Waals surface area (Å²) in [4.78, 5) is 40.7.